The molecule has 1 amide bonds. The van der Waals surface area contributed by atoms with Crippen LogP contribution in [-0.4, -0.2) is 44.0 Å². The summed E-state index contributed by atoms with van der Waals surface area (Å²) in [5, 5.41) is 7.18. The molecule has 1 aliphatic rings. The van der Waals surface area contributed by atoms with Crippen LogP contribution in [0, 0.1) is 0 Å². The number of carbonyl (C=O) groups is 2. The zero-order valence-corrected chi connectivity index (χ0v) is 12.0. The zero-order valence-electron chi connectivity index (χ0n) is 11.1. The molecular weight excluding hydrogens is 300 g/mol. The Hall–Kier alpha value is -2.29. The number of ether oxygens (including phenoxy) is 1. The first-order valence-corrected chi connectivity index (χ1v) is 7.64. The number of nitrogens with one attached hydrogen (secondary N) is 1. The van der Waals surface area contributed by atoms with Crippen LogP contribution in [0.25, 0.3) is 0 Å². The number of aliphatic carboxylic acids is 1. The van der Waals surface area contributed by atoms with Crippen molar-refractivity contribution >= 4 is 33.5 Å². The van der Waals surface area contributed by atoms with E-state index in [1.165, 1.54) is 17.0 Å². The van der Waals surface area contributed by atoms with E-state index in [2.05, 4.69) is 4.72 Å². The minimum absolute atomic E-state index is 0.181. The average Bonchev–Trinajstić information content (AvgIpc) is 2.83. The normalized spacial score (nSPS) is 16.4. The van der Waals surface area contributed by atoms with E-state index in [9.17, 15) is 18.0 Å². The summed E-state index contributed by atoms with van der Waals surface area (Å²) in [5.41, 5.74) is 0.654. The summed E-state index contributed by atoms with van der Waals surface area (Å²) in [6, 6.07) is 6.10. The Morgan fingerprint density at radius 1 is 1.48 bits per heavy atom. The van der Waals surface area contributed by atoms with Gasteiger partial charge in [0.2, 0.25) is 10.0 Å². The Morgan fingerprint density at radius 3 is 2.76 bits per heavy atom. The van der Waals surface area contributed by atoms with Gasteiger partial charge in [-0.15, -0.1) is 0 Å². The highest BCUT2D eigenvalue weighted by molar-refractivity contribution is 7.94. The maximum absolute atomic E-state index is 11.8. The molecule has 1 aromatic carbocycles. The van der Waals surface area contributed by atoms with Crippen molar-refractivity contribution in [2.45, 2.75) is 12.2 Å². The number of amides is 1. The molecule has 1 aliphatic heterocycles. The molecule has 114 valence electrons. The number of sulfonamides is 1. The fourth-order valence-electron chi connectivity index (χ4n) is 1.75. The quantitative estimate of drug-likeness (QED) is 0.833. The molecule has 0 aliphatic carbocycles. The maximum atomic E-state index is 11.8. The average molecular weight is 314 g/mol. The second-order valence-corrected chi connectivity index (χ2v) is 6.45. The molecule has 8 nitrogen and oxygen atoms in total. The van der Waals surface area contributed by atoms with Crippen molar-refractivity contribution in [1.82, 2.24) is 0 Å². The molecule has 1 fully saturated rings. The van der Waals surface area contributed by atoms with Crippen LogP contribution in [0.3, 0.4) is 0 Å². The number of cyclic esters (lactones) is 1. The first-order valence-electron chi connectivity index (χ1n) is 6.10. The van der Waals surface area contributed by atoms with Crippen LogP contribution in [0.1, 0.15) is 6.92 Å². The second-order valence-electron chi connectivity index (χ2n) is 4.44. The van der Waals surface area contributed by atoms with Crippen molar-refractivity contribution < 1.29 is 27.9 Å². The number of benzene rings is 1. The number of anilines is 2. The summed E-state index contributed by atoms with van der Waals surface area (Å²) >= 11 is 0. The van der Waals surface area contributed by atoms with Crippen LogP contribution in [-0.2, 0) is 19.6 Å². The lowest BCUT2D eigenvalue weighted by molar-refractivity contribution is -0.136. The van der Waals surface area contributed by atoms with Gasteiger partial charge >= 0.3 is 12.1 Å². The lowest BCUT2D eigenvalue weighted by Gasteiger charge is -2.15. The molecular formula is C12H14N2O6S. The van der Waals surface area contributed by atoms with Crippen LogP contribution in [0.4, 0.5) is 16.2 Å². The molecule has 1 atom stereocenters. The monoisotopic (exact) mass is 314 g/mol. The van der Waals surface area contributed by atoms with Gasteiger partial charge in [-0.05, 0) is 25.1 Å². The number of hydrogen-bond donors (Lipinski definition) is 2. The van der Waals surface area contributed by atoms with Crippen LogP contribution >= 0.6 is 0 Å². The van der Waals surface area contributed by atoms with E-state index in [0.717, 1.165) is 6.92 Å². The zero-order chi connectivity index (χ0) is 15.6. The lowest BCUT2D eigenvalue weighted by Crippen LogP contribution is -2.32. The highest BCUT2D eigenvalue weighted by atomic mass is 32.2. The van der Waals surface area contributed by atoms with E-state index in [1.54, 1.807) is 12.1 Å². The predicted octanol–water partition coefficient (Wildman–Crippen LogP) is 0.858. The fourth-order valence-corrected chi connectivity index (χ4v) is 2.65. The van der Waals surface area contributed by atoms with Crippen molar-refractivity contribution in [3.8, 4) is 0 Å². The second kappa shape index (κ2) is 5.60. The summed E-state index contributed by atoms with van der Waals surface area (Å²) in [7, 11) is -4.05. The molecule has 1 saturated heterocycles. The first-order chi connectivity index (χ1) is 9.81. The molecule has 2 rings (SSSR count). The molecule has 21 heavy (non-hydrogen) atoms. The molecule has 1 unspecified atom stereocenters. The van der Waals surface area contributed by atoms with E-state index in [-0.39, 0.29) is 12.3 Å². The van der Waals surface area contributed by atoms with E-state index < -0.39 is 27.3 Å². The highest BCUT2D eigenvalue weighted by Crippen LogP contribution is 2.23. The molecule has 0 aromatic heterocycles. The van der Waals surface area contributed by atoms with Gasteiger partial charge in [0, 0.05) is 5.69 Å². The number of carboxylic acid groups (broad SMARTS) is 1. The van der Waals surface area contributed by atoms with Gasteiger partial charge in [-0.2, -0.15) is 0 Å². The van der Waals surface area contributed by atoms with Gasteiger partial charge in [-0.1, -0.05) is 6.07 Å². The number of carboxylic acids is 1. The van der Waals surface area contributed by atoms with Crippen LogP contribution in [0.5, 0.6) is 0 Å². The van der Waals surface area contributed by atoms with Crippen molar-refractivity contribution in [1.29, 1.82) is 0 Å². The molecule has 9 heteroatoms. The van der Waals surface area contributed by atoms with Crippen molar-refractivity contribution in [2.24, 2.45) is 0 Å². The minimum atomic E-state index is -4.05. The van der Waals surface area contributed by atoms with Gasteiger partial charge in [-0.25, -0.2) is 13.2 Å². The molecule has 0 saturated carbocycles. The van der Waals surface area contributed by atoms with Crippen LogP contribution in [0.15, 0.2) is 24.3 Å². The molecule has 1 aromatic rings. The summed E-state index contributed by atoms with van der Waals surface area (Å²) in [5.74, 6) is -1.44. The summed E-state index contributed by atoms with van der Waals surface area (Å²) in [4.78, 5) is 23.6. The highest BCUT2D eigenvalue weighted by Gasteiger charge is 2.28. The summed E-state index contributed by atoms with van der Waals surface area (Å²) in [6.45, 7) is 1.72. The Balaban J connectivity index is 2.22. The molecule has 0 spiro atoms. The number of hydrogen-bond acceptors (Lipinski definition) is 5. The van der Waals surface area contributed by atoms with Crippen molar-refractivity contribution in [3.05, 3.63) is 24.3 Å². The fraction of sp³-hybridized carbons (Fsp3) is 0.333. The van der Waals surface area contributed by atoms with E-state index >= 15 is 0 Å². The molecule has 0 bridgehead atoms. The van der Waals surface area contributed by atoms with E-state index in [1.807, 2.05) is 0 Å². The predicted molar refractivity (Wildman–Crippen MR) is 74.8 cm³/mol. The van der Waals surface area contributed by atoms with Crippen LogP contribution in [0.2, 0.25) is 0 Å². The van der Waals surface area contributed by atoms with Gasteiger partial charge in [0.25, 0.3) is 0 Å². The SMILES string of the molecule is CC(C(=O)O)S(=O)(=O)Nc1cccc(N2CCOC2=O)c1. The van der Waals surface area contributed by atoms with Gasteiger partial charge < -0.3 is 9.84 Å². The number of carbonyl (C=O) groups excluding carboxylic acids is 1. The Bertz CT molecular complexity index is 672. The van der Waals surface area contributed by atoms with Gasteiger partial charge in [0.15, 0.2) is 5.25 Å². The molecule has 0 radical (unpaired) electrons. The Labute approximate surface area is 121 Å². The largest absolute Gasteiger partial charge is 0.480 e. The van der Waals surface area contributed by atoms with Crippen molar-refractivity contribution in [3.63, 3.8) is 0 Å². The lowest BCUT2D eigenvalue weighted by atomic mass is 10.2. The van der Waals surface area contributed by atoms with E-state index in [4.69, 9.17) is 9.84 Å². The van der Waals surface area contributed by atoms with Gasteiger partial charge in [0.1, 0.15) is 6.61 Å². The molecule has 1 heterocycles. The van der Waals surface area contributed by atoms with Crippen LogP contribution < -0.4 is 9.62 Å². The maximum Gasteiger partial charge on any atom is 0.414 e. The van der Waals surface area contributed by atoms with E-state index in [0.29, 0.717) is 12.2 Å². The first kappa shape index (κ1) is 15.1. The smallest absolute Gasteiger partial charge is 0.414 e. The summed E-state index contributed by atoms with van der Waals surface area (Å²) in [6.07, 6.45) is -0.506. The summed E-state index contributed by atoms with van der Waals surface area (Å²) < 4.78 is 30.7. The third-order valence-corrected chi connectivity index (χ3v) is 4.64. The topological polar surface area (TPSA) is 113 Å². The Kier molecular flexibility index (Phi) is 4.03. The molecule has 2 N–H and O–H groups in total. The third kappa shape index (κ3) is 3.24. The minimum Gasteiger partial charge on any atom is -0.480 e. The third-order valence-electron chi connectivity index (χ3n) is 2.99. The van der Waals surface area contributed by atoms with Gasteiger partial charge in [-0.3, -0.25) is 14.4 Å². The number of rotatable bonds is 5. The van der Waals surface area contributed by atoms with Gasteiger partial charge in [0.05, 0.1) is 12.2 Å². The standard InChI is InChI=1S/C12H14N2O6S/c1-8(11(15)16)21(18,19)13-9-3-2-4-10(7-9)14-5-6-20-12(14)17/h2-4,7-8,13H,5-6H2,1H3,(H,15,16). The Morgan fingerprint density at radius 2 is 2.19 bits per heavy atom. The van der Waals surface area contributed by atoms with Crippen molar-refractivity contribution in [2.75, 3.05) is 22.8 Å². The number of nitrogens with zero attached hydrogens (tertiary/aromatic N) is 1.